The molecule has 0 aliphatic carbocycles. The minimum absolute atomic E-state index is 0.145. The van der Waals surface area contributed by atoms with E-state index in [1.54, 1.807) is 31.2 Å². The number of carboxylic acid groups (broad SMARTS) is 1. The number of ketones is 1. The van der Waals surface area contributed by atoms with E-state index >= 15 is 0 Å². The van der Waals surface area contributed by atoms with Crippen molar-refractivity contribution in [3.05, 3.63) is 29.8 Å². The van der Waals surface area contributed by atoms with E-state index in [2.05, 4.69) is 5.32 Å². The van der Waals surface area contributed by atoms with Crippen LogP contribution in [0.3, 0.4) is 0 Å². The molecule has 0 aliphatic rings. The molecular formula is C16H22N2O5. The standard InChI is InChI=1S/C16H22N2O5/c1-10(8-17)16(22)18-14(11(2)19)7-12-3-5-13(6-4-12)23-9-15(20)21/h3-6,10,14H,7-9,17H2,1-2H3,(H,18,22)(H,20,21)/t10-,14-/m0/s1. The Kier molecular flexibility index (Phi) is 7.21. The number of carbonyl (C=O) groups excluding carboxylic acids is 2. The molecular weight excluding hydrogens is 300 g/mol. The highest BCUT2D eigenvalue weighted by molar-refractivity contribution is 5.88. The van der Waals surface area contributed by atoms with Crippen LogP contribution in [0.2, 0.25) is 0 Å². The maximum absolute atomic E-state index is 11.9. The summed E-state index contributed by atoms with van der Waals surface area (Å²) < 4.78 is 5.04. The van der Waals surface area contributed by atoms with Gasteiger partial charge < -0.3 is 20.9 Å². The van der Waals surface area contributed by atoms with Crippen LogP contribution in [-0.2, 0) is 20.8 Å². The lowest BCUT2D eigenvalue weighted by Crippen LogP contribution is -2.45. The van der Waals surface area contributed by atoms with Crippen molar-refractivity contribution in [2.24, 2.45) is 11.7 Å². The van der Waals surface area contributed by atoms with E-state index in [1.807, 2.05) is 0 Å². The van der Waals surface area contributed by atoms with E-state index in [0.29, 0.717) is 12.2 Å². The summed E-state index contributed by atoms with van der Waals surface area (Å²) >= 11 is 0. The summed E-state index contributed by atoms with van der Waals surface area (Å²) in [5.41, 5.74) is 6.27. The molecule has 0 radical (unpaired) electrons. The van der Waals surface area contributed by atoms with Crippen LogP contribution in [0.5, 0.6) is 5.75 Å². The molecule has 1 rings (SSSR count). The van der Waals surface area contributed by atoms with Crippen LogP contribution >= 0.6 is 0 Å². The number of hydrogen-bond donors (Lipinski definition) is 3. The van der Waals surface area contributed by atoms with Crippen molar-refractivity contribution in [3.8, 4) is 5.75 Å². The summed E-state index contributed by atoms with van der Waals surface area (Å²) in [6, 6.07) is 6.08. The zero-order valence-electron chi connectivity index (χ0n) is 13.2. The molecule has 0 fully saturated rings. The molecule has 0 spiro atoms. The molecule has 0 aromatic heterocycles. The number of carboxylic acids is 1. The van der Waals surface area contributed by atoms with Crippen molar-refractivity contribution in [2.45, 2.75) is 26.3 Å². The molecule has 0 saturated heterocycles. The van der Waals surface area contributed by atoms with Gasteiger partial charge >= 0.3 is 5.97 Å². The number of ether oxygens (including phenoxy) is 1. The largest absolute Gasteiger partial charge is 0.482 e. The van der Waals surface area contributed by atoms with Crippen molar-refractivity contribution < 1.29 is 24.2 Å². The summed E-state index contributed by atoms with van der Waals surface area (Å²) in [5.74, 6) is -1.38. The monoisotopic (exact) mass is 322 g/mol. The Bertz CT molecular complexity index is 556. The summed E-state index contributed by atoms with van der Waals surface area (Å²) in [4.78, 5) is 34.0. The van der Waals surface area contributed by atoms with Gasteiger partial charge in [0.05, 0.1) is 6.04 Å². The molecule has 1 aromatic rings. The quantitative estimate of drug-likeness (QED) is 0.604. The first-order chi connectivity index (χ1) is 10.8. The fourth-order valence-electron chi connectivity index (χ4n) is 1.82. The molecule has 0 heterocycles. The van der Waals surface area contributed by atoms with Gasteiger partial charge in [-0.25, -0.2) is 4.79 Å². The Morgan fingerprint density at radius 2 is 1.87 bits per heavy atom. The Balaban J connectivity index is 2.68. The van der Waals surface area contributed by atoms with Gasteiger partial charge in [-0.2, -0.15) is 0 Å². The van der Waals surface area contributed by atoms with Crippen molar-refractivity contribution in [1.29, 1.82) is 0 Å². The van der Waals surface area contributed by atoms with Crippen molar-refractivity contribution in [2.75, 3.05) is 13.2 Å². The molecule has 0 saturated carbocycles. The molecule has 0 bridgehead atoms. The third-order valence-corrected chi connectivity index (χ3v) is 3.33. The minimum Gasteiger partial charge on any atom is -0.482 e. The number of hydrogen-bond acceptors (Lipinski definition) is 5. The summed E-state index contributed by atoms with van der Waals surface area (Å²) in [6.07, 6.45) is 0.345. The molecule has 7 heteroatoms. The van der Waals surface area contributed by atoms with E-state index in [-0.39, 0.29) is 24.2 Å². The number of carbonyl (C=O) groups is 3. The molecule has 2 atom stereocenters. The second-order valence-electron chi connectivity index (χ2n) is 5.34. The van der Waals surface area contributed by atoms with Crippen LogP contribution < -0.4 is 15.8 Å². The van der Waals surface area contributed by atoms with Gasteiger partial charge in [0, 0.05) is 12.5 Å². The maximum atomic E-state index is 11.9. The predicted octanol–water partition coefficient (Wildman–Crippen LogP) is 0.361. The fraction of sp³-hybridized carbons (Fsp3) is 0.438. The molecule has 7 nitrogen and oxygen atoms in total. The SMILES string of the molecule is CC(=O)[C@H](Cc1ccc(OCC(=O)O)cc1)NC(=O)[C@@H](C)CN. The van der Waals surface area contributed by atoms with E-state index in [1.165, 1.54) is 6.92 Å². The normalized spacial score (nSPS) is 13.0. The van der Waals surface area contributed by atoms with Crippen LogP contribution in [-0.4, -0.2) is 42.0 Å². The number of Topliss-reactive ketones (excluding diaryl/α,β-unsaturated/α-hetero) is 1. The van der Waals surface area contributed by atoms with E-state index in [4.69, 9.17) is 15.6 Å². The zero-order valence-corrected chi connectivity index (χ0v) is 13.2. The third kappa shape index (κ3) is 6.48. The third-order valence-electron chi connectivity index (χ3n) is 3.33. The van der Waals surface area contributed by atoms with Gasteiger partial charge in [-0.15, -0.1) is 0 Å². The second-order valence-corrected chi connectivity index (χ2v) is 5.34. The molecule has 1 aromatic carbocycles. The Morgan fingerprint density at radius 3 is 2.35 bits per heavy atom. The average molecular weight is 322 g/mol. The lowest BCUT2D eigenvalue weighted by molar-refractivity contribution is -0.139. The van der Waals surface area contributed by atoms with Gasteiger partial charge in [-0.1, -0.05) is 19.1 Å². The van der Waals surface area contributed by atoms with Crippen LogP contribution in [0.15, 0.2) is 24.3 Å². The van der Waals surface area contributed by atoms with E-state index in [9.17, 15) is 14.4 Å². The number of benzene rings is 1. The number of rotatable bonds is 9. The first kappa shape index (κ1) is 18.6. The topological polar surface area (TPSA) is 119 Å². The first-order valence-electron chi connectivity index (χ1n) is 7.28. The second kappa shape index (κ2) is 8.89. The lowest BCUT2D eigenvalue weighted by atomic mass is 10.0. The highest BCUT2D eigenvalue weighted by atomic mass is 16.5. The summed E-state index contributed by atoms with van der Waals surface area (Å²) in [7, 11) is 0. The first-order valence-corrected chi connectivity index (χ1v) is 7.28. The molecule has 23 heavy (non-hydrogen) atoms. The van der Waals surface area contributed by atoms with Crippen LogP contribution in [0.4, 0.5) is 0 Å². The Labute approximate surface area is 134 Å². The number of nitrogens with two attached hydrogens (primary N) is 1. The summed E-state index contributed by atoms with van der Waals surface area (Å²) in [5, 5.41) is 11.2. The summed E-state index contributed by atoms with van der Waals surface area (Å²) in [6.45, 7) is 2.91. The van der Waals surface area contributed by atoms with Crippen LogP contribution in [0.1, 0.15) is 19.4 Å². The van der Waals surface area contributed by atoms with Gasteiger partial charge in [0.1, 0.15) is 5.75 Å². The Hall–Kier alpha value is -2.41. The smallest absolute Gasteiger partial charge is 0.341 e. The fourth-order valence-corrected chi connectivity index (χ4v) is 1.82. The van der Waals surface area contributed by atoms with Gasteiger partial charge in [0.25, 0.3) is 0 Å². The van der Waals surface area contributed by atoms with Gasteiger partial charge in [0.15, 0.2) is 12.4 Å². The van der Waals surface area contributed by atoms with Gasteiger partial charge in [0.2, 0.25) is 5.91 Å². The molecule has 0 aliphatic heterocycles. The molecule has 126 valence electrons. The zero-order chi connectivity index (χ0) is 17.4. The number of nitrogens with one attached hydrogen (secondary N) is 1. The van der Waals surface area contributed by atoms with E-state index < -0.39 is 18.6 Å². The van der Waals surface area contributed by atoms with Crippen molar-refractivity contribution >= 4 is 17.7 Å². The Morgan fingerprint density at radius 1 is 1.26 bits per heavy atom. The highest BCUT2D eigenvalue weighted by Crippen LogP contribution is 2.14. The number of amides is 1. The van der Waals surface area contributed by atoms with Crippen molar-refractivity contribution in [1.82, 2.24) is 5.32 Å². The van der Waals surface area contributed by atoms with Crippen LogP contribution in [0.25, 0.3) is 0 Å². The number of aliphatic carboxylic acids is 1. The molecule has 4 N–H and O–H groups in total. The van der Waals surface area contributed by atoms with Crippen molar-refractivity contribution in [3.63, 3.8) is 0 Å². The van der Waals surface area contributed by atoms with E-state index in [0.717, 1.165) is 5.56 Å². The molecule has 1 amide bonds. The van der Waals surface area contributed by atoms with Gasteiger partial charge in [-0.3, -0.25) is 9.59 Å². The maximum Gasteiger partial charge on any atom is 0.341 e. The molecule has 0 unspecified atom stereocenters. The lowest BCUT2D eigenvalue weighted by Gasteiger charge is -2.18. The minimum atomic E-state index is -1.05. The predicted molar refractivity (Wildman–Crippen MR) is 84.1 cm³/mol. The average Bonchev–Trinajstić information content (AvgIpc) is 2.52. The van der Waals surface area contributed by atoms with Crippen LogP contribution in [0, 0.1) is 5.92 Å². The van der Waals surface area contributed by atoms with Gasteiger partial charge in [-0.05, 0) is 31.0 Å². The highest BCUT2D eigenvalue weighted by Gasteiger charge is 2.20.